The number of amides is 1. The minimum absolute atomic E-state index is 0.116. The summed E-state index contributed by atoms with van der Waals surface area (Å²) in [5.74, 6) is 1.22. The van der Waals surface area contributed by atoms with Crippen LogP contribution in [0.3, 0.4) is 0 Å². The SMILES string of the molecule is Cc1noc(C)c1-c1nccnc1C[C@H]1CCN(C(=O)c2ccno2)C1. The minimum atomic E-state index is -0.116. The standard InChI is InChI=1S/C18H19N5O3/c1-11-16(12(2)25-22-11)17-14(19-6-7-20-17)9-13-4-8-23(10-13)18(24)15-3-5-21-26-15/h3,5-7,13H,4,8-10H2,1-2H3/t13-/m1/s1. The molecule has 26 heavy (non-hydrogen) atoms. The molecular weight excluding hydrogens is 334 g/mol. The van der Waals surface area contributed by atoms with E-state index in [2.05, 4.69) is 20.3 Å². The van der Waals surface area contributed by atoms with Gasteiger partial charge >= 0.3 is 0 Å². The van der Waals surface area contributed by atoms with E-state index in [1.807, 2.05) is 13.8 Å². The maximum Gasteiger partial charge on any atom is 0.292 e. The normalized spacial score (nSPS) is 17.0. The molecule has 1 atom stereocenters. The predicted octanol–water partition coefficient (Wildman–Crippen LogP) is 2.44. The Morgan fingerprint density at radius 2 is 2.08 bits per heavy atom. The van der Waals surface area contributed by atoms with E-state index in [0.29, 0.717) is 19.0 Å². The average Bonchev–Trinajstić information content (AvgIpc) is 3.38. The zero-order valence-electron chi connectivity index (χ0n) is 14.7. The number of likely N-dealkylation sites (tertiary alicyclic amines) is 1. The summed E-state index contributed by atoms with van der Waals surface area (Å²) < 4.78 is 10.3. The summed E-state index contributed by atoms with van der Waals surface area (Å²) in [6.07, 6.45) is 6.52. The Hall–Kier alpha value is -3.03. The first kappa shape index (κ1) is 16.4. The molecule has 0 unspecified atom stereocenters. The lowest BCUT2D eigenvalue weighted by molar-refractivity contribution is 0.0745. The summed E-state index contributed by atoms with van der Waals surface area (Å²) in [6.45, 7) is 5.14. The van der Waals surface area contributed by atoms with Gasteiger partial charge in [0, 0.05) is 31.5 Å². The Kier molecular flexibility index (Phi) is 4.24. The Morgan fingerprint density at radius 1 is 1.23 bits per heavy atom. The lowest BCUT2D eigenvalue weighted by Gasteiger charge is -2.15. The van der Waals surface area contributed by atoms with Gasteiger partial charge in [-0.25, -0.2) is 0 Å². The van der Waals surface area contributed by atoms with Gasteiger partial charge in [0.2, 0.25) is 5.76 Å². The summed E-state index contributed by atoms with van der Waals surface area (Å²) in [5, 5.41) is 7.62. The van der Waals surface area contributed by atoms with E-state index in [1.54, 1.807) is 23.4 Å². The molecule has 0 N–H and O–H groups in total. The molecule has 0 radical (unpaired) electrons. The summed E-state index contributed by atoms with van der Waals surface area (Å²) in [7, 11) is 0. The molecule has 0 bridgehead atoms. The largest absolute Gasteiger partial charge is 0.361 e. The van der Waals surface area contributed by atoms with Crippen LogP contribution in [0.25, 0.3) is 11.3 Å². The molecule has 4 heterocycles. The molecule has 1 fully saturated rings. The van der Waals surface area contributed by atoms with Gasteiger partial charge in [-0.2, -0.15) is 0 Å². The van der Waals surface area contributed by atoms with Crippen LogP contribution in [-0.4, -0.2) is 44.2 Å². The fourth-order valence-electron chi connectivity index (χ4n) is 3.49. The van der Waals surface area contributed by atoms with E-state index in [4.69, 9.17) is 9.05 Å². The molecule has 4 rings (SSSR count). The van der Waals surface area contributed by atoms with Gasteiger partial charge in [-0.15, -0.1) is 0 Å². The average molecular weight is 353 g/mol. The number of carbonyl (C=O) groups is 1. The molecule has 1 aliphatic rings. The van der Waals surface area contributed by atoms with E-state index in [9.17, 15) is 4.79 Å². The van der Waals surface area contributed by atoms with Crippen molar-refractivity contribution in [3.05, 3.63) is 47.6 Å². The zero-order valence-corrected chi connectivity index (χ0v) is 14.7. The monoisotopic (exact) mass is 353 g/mol. The third-order valence-corrected chi connectivity index (χ3v) is 4.75. The van der Waals surface area contributed by atoms with Crippen molar-refractivity contribution in [3.63, 3.8) is 0 Å². The van der Waals surface area contributed by atoms with Crippen LogP contribution in [-0.2, 0) is 6.42 Å². The van der Waals surface area contributed by atoms with Gasteiger partial charge in [-0.05, 0) is 32.6 Å². The molecule has 3 aromatic rings. The van der Waals surface area contributed by atoms with Crippen molar-refractivity contribution in [3.8, 4) is 11.3 Å². The maximum atomic E-state index is 12.4. The number of hydrogen-bond acceptors (Lipinski definition) is 7. The Bertz CT molecular complexity index is 899. The molecule has 0 spiro atoms. The van der Waals surface area contributed by atoms with Crippen molar-refractivity contribution < 1.29 is 13.8 Å². The molecule has 1 amide bonds. The smallest absolute Gasteiger partial charge is 0.292 e. The second-order valence-corrected chi connectivity index (χ2v) is 6.54. The molecule has 1 aliphatic heterocycles. The van der Waals surface area contributed by atoms with E-state index in [0.717, 1.165) is 41.2 Å². The topological polar surface area (TPSA) is 98.2 Å². The highest BCUT2D eigenvalue weighted by molar-refractivity contribution is 5.91. The lowest BCUT2D eigenvalue weighted by Crippen LogP contribution is -2.28. The minimum Gasteiger partial charge on any atom is -0.361 e. The molecule has 8 heteroatoms. The van der Waals surface area contributed by atoms with E-state index in [1.165, 1.54) is 6.20 Å². The number of hydrogen-bond donors (Lipinski definition) is 0. The van der Waals surface area contributed by atoms with Crippen LogP contribution in [0.2, 0.25) is 0 Å². The fraction of sp³-hybridized carbons (Fsp3) is 0.389. The number of nitrogens with zero attached hydrogens (tertiary/aromatic N) is 5. The molecular formula is C18H19N5O3. The third-order valence-electron chi connectivity index (χ3n) is 4.75. The number of aryl methyl sites for hydroxylation is 2. The highest BCUT2D eigenvalue weighted by Crippen LogP contribution is 2.30. The van der Waals surface area contributed by atoms with E-state index in [-0.39, 0.29) is 11.7 Å². The highest BCUT2D eigenvalue weighted by Gasteiger charge is 2.30. The quantitative estimate of drug-likeness (QED) is 0.710. The van der Waals surface area contributed by atoms with Crippen LogP contribution in [0.4, 0.5) is 0 Å². The summed E-state index contributed by atoms with van der Waals surface area (Å²) in [4.78, 5) is 23.2. The Morgan fingerprint density at radius 3 is 2.81 bits per heavy atom. The second-order valence-electron chi connectivity index (χ2n) is 6.54. The Labute approximate surface area is 150 Å². The Balaban J connectivity index is 1.52. The van der Waals surface area contributed by atoms with Crippen LogP contribution in [0.1, 0.15) is 34.1 Å². The number of rotatable bonds is 4. The predicted molar refractivity (Wildman–Crippen MR) is 91.2 cm³/mol. The summed E-state index contributed by atoms with van der Waals surface area (Å²) in [6, 6.07) is 1.59. The number of aromatic nitrogens is 4. The van der Waals surface area contributed by atoms with Crippen LogP contribution >= 0.6 is 0 Å². The van der Waals surface area contributed by atoms with Gasteiger partial charge in [-0.1, -0.05) is 10.3 Å². The van der Waals surface area contributed by atoms with Crippen molar-refractivity contribution in [2.75, 3.05) is 13.1 Å². The first-order valence-electron chi connectivity index (χ1n) is 8.56. The number of carbonyl (C=O) groups excluding carboxylic acids is 1. The van der Waals surface area contributed by atoms with Crippen LogP contribution in [0, 0.1) is 19.8 Å². The zero-order chi connectivity index (χ0) is 18.1. The third kappa shape index (κ3) is 2.98. The first-order valence-corrected chi connectivity index (χ1v) is 8.56. The van der Waals surface area contributed by atoms with Crippen LogP contribution in [0.5, 0.6) is 0 Å². The van der Waals surface area contributed by atoms with Crippen molar-refractivity contribution in [1.29, 1.82) is 0 Å². The fourth-order valence-corrected chi connectivity index (χ4v) is 3.49. The van der Waals surface area contributed by atoms with Gasteiger partial charge < -0.3 is 13.9 Å². The van der Waals surface area contributed by atoms with Crippen molar-refractivity contribution in [2.24, 2.45) is 5.92 Å². The van der Waals surface area contributed by atoms with Gasteiger partial charge in [0.05, 0.1) is 28.8 Å². The van der Waals surface area contributed by atoms with Gasteiger partial charge in [0.25, 0.3) is 5.91 Å². The van der Waals surface area contributed by atoms with Crippen LogP contribution in [0.15, 0.2) is 33.7 Å². The molecule has 0 aliphatic carbocycles. The van der Waals surface area contributed by atoms with E-state index < -0.39 is 0 Å². The van der Waals surface area contributed by atoms with Crippen molar-refractivity contribution in [1.82, 2.24) is 25.2 Å². The molecule has 0 aromatic carbocycles. The molecule has 0 saturated carbocycles. The van der Waals surface area contributed by atoms with Crippen molar-refractivity contribution >= 4 is 5.91 Å². The van der Waals surface area contributed by atoms with Gasteiger partial charge in [-0.3, -0.25) is 14.8 Å². The summed E-state index contributed by atoms with van der Waals surface area (Å²) >= 11 is 0. The second kappa shape index (κ2) is 6.70. The molecule has 134 valence electrons. The highest BCUT2D eigenvalue weighted by atomic mass is 16.5. The maximum absolute atomic E-state index is 12.4. The first-order chi connectivity index (χ1) is 12.6. The van der Waals surface area contributed by atoms with Crippen LogP contribution < -0.4 is 0 Å². The lowest BCUT2D eigenvalue weighted by atomic mass is 9.98. The van der Waals surface area contributed by atoms with Crippen molar-refractivity contribution in [2.45, 2.75) is 26.7 Å². The summed E-state index contributed by atoms with van der Waals surface area (Å²) in [5.41, 5.74) is 3.42. The molecule has 8 nitrogen and oxygen atoms in total. The molecule has 3 aromatic heterocycles. The van der Waals surface area contributed by atoms with E-state index >= 15 is 0 Å². The molecule has 1 saturated heterocycles. The van der Waals surface area contributed by atoms with Gasteiger partial charge in [0.15, 0.2) is 0 Å². The van der Waals surface area contributed by atoms with Gasteiger partial charge in [0.1, 0.15) is 5.76 Å².